The van der Waals surface area contributed by atoms with E-state index in [0.717, 1.165) is 12.8 Å². The Morgan fingerprint density at radius 2 is 2.12 bits per heavy atom. The molecular weight excluding hydrogens is 242 g/mol. The molecule has 100 valence electrons. The van der Waals surface area contributed by atoms with Gasteiger partial charge in [-0.15, -0.1) is 0 Å². The van der Waals surface area contributed by atoms with E-state index in [4.69, 9.17) is 4.74 Å². The summed E-state index contributed by atoms with van der Waals surface area (Å²) in [4.78, 5) is 22.5. The second-order valence-corrected chi connectivity index (χ2v) is 4.50. The number of hydrogen-bond acceptors (Lipinski definition) is 5. The molecule has 0 aliphatic carbocycles. The number of aliphatic hydroxyl groups is 1. The van der Waals surface area contributed by atoms with E-state index in [0.29, 0.717) is 6.42 Å². The van der Waals surface area contributed by atoms with Crippen molar-refractivity contribution in [3.8, 4) is 0 Å². The standard InChI is InChI=1S/C11H21NO4S/c1-4-5-6-11(3,15)16-10(14)9(7-17)12-8(2)13/h9,15,17H,4-7H2,1-3H3,(H,12,13)/t9-,11?/m0/s1. The van der Waals surface area contributed by atoms with Crippen LogP contribution in [0.5, 0.6) is 0 Å². The third-order valence-electron chi connectivity index (χ3n) is 2.16. The van der Waals surface area contributed by atoms with Crippen LogP contribution < -0.4 is 5.32 Å². The zero-order valence-electron chi connectivity index (χ0n) is 10.5. The van der Waals surface area contributed by atoms with Gasteiger partial charge in [0.05, 0.1) is 0 Å². The predicted molar refractivity (Wildman–Crippen MR) is 67.7 cm³/mol. The Morgan fingerprint density at radius 1 is 1.53 bits per heavy atom. The smallest absolute Gasteiger partial charge is 0.331 e. The predicted octanol–water partition coefficient (Wildman–Crippen LogP) is 0.863. The summed E-state index contributed by atoms with van der Waals surface area (Å²) >= 11 is 3.95. The Kier molecular flexibility index (Phi) is 7.22. The summed E-state index contributed by atoms with van der Waals surface area (Å²) in [5.41, 5.74) is 0. The van der Waals surface area contributed by atoms with E-state index in [1.165, 1.54) is 13.8 Å². The molecule has 0 aliphatic rings. The van der Waals surface area contributed by atoms with Crippen molar-refractivity contribution >= 4 is 24.5 Å². The van der Waals surface area contributed by atoms with Gasteiger partial charge in [0, 0.05) is 26.0 Å². The quantitative estimate of drug-likeness (QED) is 0.362. The van der Waals surface area contributed by atoms with Crippen LogP contribution in [0.25, 0.3) is 0 Å². The highest BCUT2D eigenvalue weighted by molar-refractivity contribution is 7.80. The summed E-state index contributed by atoms with van der Waals surface area (Å²) < 4.78 is 4.95. The minimum atomic E-state index is -1.49. The van der Waals surface area contributed by atoms with Gasteiger partial charge in [0.2, 0.25) is 11.7 Å². The van der Waals surface area contributed by atoms with Crippen LogP contribution in [0.1, 0.15) is 40.0 Å². The number of thiol groups is 1. The molecule has 5 nitrogen and oxygen atoms in total. The fourth-order valence-corrected chi connectivity index (χ4v) is 1.51. The molecule has 0 aromatic heterocycles. The molecule has 0 aliphatic heterocycles. The number of nitrogens with one attached hydrogen (secondary N) is 1. The van der Waals surface area contributed by atoms with Gasteiger partial charge in [-0.1, -0.05) is 13.3 Å². The SMILES string of the molecule is CCCCC(C)(O)OC(=O)[C@H](CS)NC(C)=O. The highest BCUT2D eigenvalue weighted by Crippen LogP contribution is 2.16. The number of rotatable bonds is 7. The molecule has 2 N–H and O–H groups in total. The lowest BCUT2D eigenvalue weighted by Crippen LogP contribution is -2.45. The number of carbonyl (C=O) groups excluding carboxylic acids is 2. The van der Waals surface area contributed by atoms with Crippen molar-refractivity contribution in [3.63, 3.8) is 0 Å². The number of ether oxygens (including phenoxy) is 1. The lowest BCUT2D eigenvalue weighted by atomic mass is 10.1. The summed E-state index contributed by atoms with van der Waals surface area (Å²) in [6.45, 7) is 4.72. The van der Waals surface area contributed by atoms with Crippen LogP contribution in [0.3, 0.4) is 0 Å². The molecule has 0 aromatic carbocycles. The summed E-state index contributed by atoms with van der Waals surface area (Å²) in [6, 6.07) is -0.830. The molecule has 17 heavy (non-hydrogen) atoms. The van der Waals surface area contributed by atoms with Crippen molar-refractivity contribution in [2.45, 2.75) is 51.9 Å². The van der Waals surface area contributed by atoms with Gasteiger partial charge in [0.25, 0.3) is 0 Å². The van der Waals surface area contributed by atoms with Crippen LogP contribution in [-0.4, -0.2) is 34.6 Å². The maximum Gasteiger partial charge on any atom is 0.331 e. The normalized spacial score (nSPS) is 15.8. The third-order valence-corrected chi connectivity index (χ3v) is 2.52. The summed E-state index contributed by atoms with van der Waals surface area (Å²) in [5.74, 6) is -2.37. The summed E-state index contributed by atoms with van der Waals surface area (Å²) in [6.07, 6.45) is 2.02. The highest BCUT2D eigenvalue weighted by atomic mass is 32.1. The van der Waals surface area contributed by atoms with Gasteiger partial charge in [-0.25, -0.2) is 4.79 Å². The van der Waals surface area contributed by atoms with E-state index < -0.39 is 17.8 Å². The Morgan fingerprint density at radius 3 is 2.53 bits per heavy atom. The average molecular weight is 263 g/mol. The largest absolute Gasteiger partial charge is 0.432 e. The van der Waals surface area contributed by atoms with Gasteiger partial charge in [0.1, 0.15) is 6.04 Å². The Bertz CT molecular complexity index is 268. The molecule has 0 rings (SSSR count). The van der Waals surface area contributed by atoms with Crippen LogP contribution >= 0.6 is 12.6 Å². The van der Waals surface area contributed by atoms with Gasteiger partial charge < -0.3 is 15.2 Å². The van der Waals surface area contributed by atoms with E-state index >= 15 is 0 Å². The first kappa shape index (κ1) is 16.2. The third kappa shape index (κ3) is 7.23. The van der Waals surface area contributed by atoms with E-state index in [9.17, 15) is 14.7 Å². The van der Waals surface area contributed by atoms with E-state index in [1.807, 2.05) is 6.92 Å². The van der Waals surface area contributed by atoms with Crippen molar-refractivity contribution in [3.05, 3.63) is 0 Å². The number of esters is 1. The highest BCUT2D eigenvalue weighted by Gasteiger charge is 2.29. The minimum Gasteiger partial charge on any atom is -0.432 e. The molecule has 0 bridgehead atoms. The molecule has 0 radical (unpaired) electrons. The van der Waals surface area contributed by atoms with Crippen LogP contribution in [0, 0.1) is 0 Å². The van der Waals surface area contributed by atoms with Gasteiger partial charge in [-0.2, -0.15) is 12.6 Å². The van der Waals surface area contributed by atoms with E-state index in [-0.39, 0.29) is 11.7 Å². The summed E-state index contributed by atoms with van der Waals surface area (Å²) in [5, 5.41) is 12.2. The van der Waals surface area contributed by atoms with Crippen LogP contribution in [0.4, 0.5) is 0 Å². The first-order valence-corrected chi connectivity index (χ1v) is 6.29. The topological polar surface area (TPSA) is 75.6 Å². The maximum absolute atomic E-state index is 11.6. The molecular formula is C11H21NO4S. The van der Waals surface area contributed by atoms with Gasteiger partial charge in [0.15, 0.2) is 0 Å². The number of carbonyl (C=O) groups is 2. The maximum atomic E-state index is 11.6. The van der Waals surface area contributed by atoms with Crippen molar-refractivity contribution in [2.75, 3.05) is 5.75 Å². The lowest BCUT2D eigenvalue weighted by molar-refractivity contribution is -0.206. The van der Waals surface area contributed by atoms with Gasteiger partial charge in [-0.05, 0) is 6.42 Å². The van der Waals surface area contributed by atoms with E-state index in [2.05, 4.69) is 17.9 Å². The Balaban J connectivity index is 4.33. The van der Waals surface area contributed by atoms with Crippen molar-refractivity contribution in [1.82, 2.24) is 5.32 Å². The van der Waals surface area contributed by atoms with Crippen molar-refractivity contribution < 1.29 is 19.4 Å². The lowest BCUT2D eigenvalue weighted by Gasteiger charge is -2.25. The molecule has 0 saturated carbocycles. The zero-order chi connectivity index (χ0) is 13.5. The van der Waals surface area contributed by atoms with Crippen LogP contribution in [0.2, 0.25) is 0 Å². The Hall–Kier alpha value is -0.750. The molecule has 2 atom stereocenters. The number of unbranched alkanes of at least 4 members (excludes halogenated alkanes) is 1. The fourth-order valence-electron chi connectivity index (χ4n) is 1.27. The van der Waals surface area contributed by atoms with Crippen LogP contribution in [0.15, 0.2) is 0 Å². The molecule has 0 aromatic rings. The average Bonchev–Trinajstić information content (AvgIpc) is 2.22. The molecule has 0 saturated heterocycles. The molecule has 6 heteroatoms. The first-order valence-electron chi connectivity index (χ1n) is 5.65. The molecule has 0 fully saturated rings. The molecule has 1 amide bonds. The first-order chi connectivity index (χ1) is 7.82. The monoisotopic (exact) mass is 263 g/mol. The minimum absolute atomic E-state index is 0.127. The second kappa shape index (κ2) is 7.55. The van der Waals surface area contributed by atoms with E-state index in [1.54, 1.807) is 0 Å². The van der Waals surface area contributed by atoms with Gasteiger partial charge >= 0.3 is 5.97 Å². The number of hydrogen-bond donors (Lipinski definition) is 3. The zero-order valence-corrected chi connectivity index (χ0v) is 11.4. The molecule has 0 spiro atoms. The van der Waals surface area contributed by atoms with Crippen LogP contribution in [-0.2, 0) is 14.3 Å². The summed E-state index contributed by atoms with van der Waals surface area (Å²) in [7, 11) is 0. The van der Waals surface area contributed by atoms with Gasteiger partial charge in [-0.3, -0.25) is 4.79 Å². The second-order valence-electron chi connectivity index (χ2n) is 4.14. The Labute approximate surface area is 107 Å². The molecule has 0 heterocycles. The fraction of sp³-hybridized carbons (Fsp3) is 0.818. The van der Waals surface area contributed by atoms with Crippen molar-refractivity contribution in [2.24, 2.45) is 0 Å². The number of amides is 1. The molecule has 1 unspecified atom stereocenters. The van der Waals surface area contributed by atoms with Crippen molar-refractivity contribution in [1.29, 1.82) is 0 Å².